The maximum atomic E-state index is 14.4. The number of carbonyl (C=O) groups excluding carboxylic acids is 7. The van der Waals surface area contributed by atoms with Gasteiger partial charge >= 0.3 is 16.8 Å². The van der Waals surface area contributed by atoms with Crippen LogP contribution in [0, 0.1) is 59.2 Å². The van der Waals surface area contributed by atoms with Crippen molar-refractivity contribution in [3.05, 3.63) is 69.2 Å². The molecule has 29 nitrogen and oxygen atoms in total. The van der Waals surface area contributed by atoms with Crippen LogP contribution in [0.25, 0.3) is 16.4 Å². The number of ether oxygens (including phenoxy) is 1. The van der Waals surface area contributed by atoms with E-state index in [1.54, 1.807) is 6.92 Å². The summed E-state index contributed by atoms with van der Waals surface area (Å²) in [5, 5.41) is 37.5. The van der Waals surface area contributed by atoms with E-state index in [1.165, 1.54) is 17.8 Å². The molecule has 2 aromatic rings. The number of aliphatic hydroxyl groups excluding tert-OH is 2. The Morgan fingerprint density at radius 2 is 1.36 bits per heavy atom. The molecule has 2 saturated heterocycles. The number of phosphoric ester groups is 1. The van der Waals surface area contributed by atoms with Crippen molar-refractivity contribution in [1.82, 2.24) is 14.9 Å². The third-order valence-electron chi connectivity index (χ3n) is 20.5. The molecule has 2 fully saturated rings. The summed E-state index contributed by atoms with van der Waals surface area (Å²) in [5.41, 5.74) is 36.7. The van der Waals surface area contributed by atoms with Crippen LogP contribution in [0.3, 0.4) is 0 Å². The fraction of sp³-hybridized carbons (Fsp3) is 0.625. The van der Waals surface area contributed by atoms with Gasteiger partial charge in [-0.1, -0.05) is 40.7 Å². The smallest absolute Gasteiger partial charge is 0.756 e. The number of aliphatic hydroxyl groups is 2. The van der Waals surface area contributed by atoms with Gasteiger partial charge in [0, 0.05) is 115 Å². The summed E-state index contributed by atoms with van der Waals surface area (Å²) in [6, 6.07) is 2.65. The predicted molar refractivity (Wildman–Crippen MR) is 345 cm³/mol. The second-order valence-corrected chi connectivity index (χ2v) is 28.8. The average Bonchev–Trinajstić information content (AvgIpc) is 1.53. The van der Waals surface area contributed by atoms with E-state index >= 15 is 0 Å². The summed E-state index contributed by atoms with van der Waals surface area (Å²) < 4.78 is 31.9. The summed E-state index contributed by atoms with van der Waals surface area (Å²) in [6.07, 6.45) is -4.79. The van der Waals surface area contributed by atoms with E-state index in [4.69, 9.17) is 78.4 Å². The van der Waals surface area contributed by atoms with Gasteiger partial charge in [-0.25, -0.2) is 4.98 Å². The molecular formula is C64H92CoN13O16P. The SMILES string of the molecule is CC(=O)O.CC1=C2N=C(C=C3N=C(C(C)=C4[N-]C(C(CC(N)=O)C4(C)CCC(=O)NCC(C)OP(=O)([O-])OC4C(CO)OC(n5cnc6cc(C)c(C)cc65)C4O)C4(C)N=C1C(CCC(N)=O)C4(C)CC(N)=O)C(CCC(N)=O)C3(C)C)C(CCC(N)=O)C2(C)CC(N)=O.[Co+2]. The van der Waals surface area contributed by atoms with Gasteiger partial charge in [-0.3, -0.25) is 57.9 Å². The number of fused-ring (bicyclic) bond motifs is 7. The number of phosphoric acid groups is 1. The summed E-state index contributed by atoms with van der Waals surface area (Å²) >= 11 is 0. The van der Waals surface area contributed by atoms with Crippen molar-refractivity contribution in [3.8, 4) is 0 Å². The third kappa shape index (κ3) is 15.7. The molecule has 95 heavy (non-hydrogen) atoms. The number of allylic oxidation sites excluding steroid dienone is 6. The number of hydrogen-bond acceptors (Lipinski definition) is 19. The maximum Gasteiger partial charge on any atom is 2.00 e. The molecule has 16 N–H and O–H groups in total. The zero-order chi connectivity index (χ0) is 70.3. The van der Waals surface area contributed by atoms with Gasteiger partial charge < -0.3 is 83.6 Å². The first kappa shape index (κ1) is 77.0. The van der Waals surface area contributed by atoms with Crippen molar-refractivity contribution < 1.29 is 93.7 Å². The molecule has 0 aliphatic carbocycles. The first-order valence-corrected chi connectivity index (χ1v) is 32.9. The van der Waals surface area contributed by atoms with Gasteiger partial charge in [0.15, 0.2) is 6.23 Å². The van der Waals surface area contributed by atoms with Gasteiger partial charge in [0.2, 0.25) is 41.4 Å². The van der Waals surface area contributed by atoms with Gasteiger partial charge in [-0.15, -0.1) is 0 Å². The molecule has 0 spiro atoms. The van der Waals surface area contributed by atoms with Crippen molar-refractivity contribution in [2.24, 2.45) is 94.7 Å². The Labute approximate surface area is 562 Å². The number of hydrogen-bond donors (Lipinski definition) is 10. The molecule has 6 aliphatic rings. The minimum absolute atomic E-state index is 0. The Morgan fingerprint density at radius 1 is 0.789 bits per heavy atom. The van der Waals surface area contributed by atoms with Crippen LogP contribution in [0.4, 0.5) is 0 Å². The number of nitrogens with one attached hydrogen (secondary N) is 1. The van der Waals surface area contributed by atoms with Gasteiger partial charge in [-0.05, 0) is 119 Å². The van der Waals surface area contributed by atoms with E-state index in [9.17, 15) is 53.2 Å². The number of amides is 7. The average molecular weight is 1390 g/mol. The molecular weight excluding hydrogens is 1300 g/mol. The number of carboxylic acids is 1. The first-order chi connectivity index (χ1) is 43.6. The molecule has 7 amide bonds. The number of aromatic nitrogens is 2. The quantitative estimate of drug-likeness (QED) is 0.0603. The number of aliphatic carboxylic acids is 1. The van der Waals surface area contributed by atoms with E-state index < -0.39 is 149 Å². The Kier molecular flexibility index (Phi) is 23.8. The third-order valence-corrected chi connectivity index (χ3v) is 21.6. The van der Waals surface area contributed by atoms with Crippen molar-refractivity contribution in [2.75, 3.05) is 13.2 Å². The predicted octanol–water partition coefficient (Wildman–Crippen LogP) is 3.40. The molecule has 0 saturated carbocycles. The van der Waals surface area contributed by atoms with Crippen molar-refractivity contribution in [3.63, 3.8) is 0 Å². The van der Waals surface area contributed by atoms with E-state index in [0.717, 1.165) is 18.1 Å². The Bertz CT molecular complexity index is 3650. The number of aliphatic imine (C=N–C) groups is 3. The Balaban J connectivity index is 0.00000278. The Hall–Kier alpha value is -7.02. The van der Waals surface area contributed by atoms with E-state index in [1.807, 2.05) is 80.5 Å². The summed E-state index contributed by atoms with van der Waals surface area (Å²) in [7, 11) is -5.32. The van der Waals surface area contributed by atoms with Crippen LogP contribution in [-0.4, -0.2) is 138 Å². The number of carbonyl (C=O) groups is 8. The molecule has 1 aromatic heterocycles. The Morgan fingerprint density at radius 3 is 1.92 bits per heavy atom. The fourth-order valence-corrected chi connectivity index (χ4v) is 16.4. The zero-order valence-corrected chi connectivity index (χ0v) is 57.8. The minimum Gasteiger partial charge on any atom is -0.756 e. The monoisotopic (exact) mass is 1390 g/mol. The molecule has 8 bridgehead atoms. The summed E-state index contributed by atoms with van der Waals surface area (Å²) in [4.78, 5) is 137. The fourth-order valence-electron chi connectivity index (χ4n) is 15.3. The number of benzene rings is 1. The molecule has 8 rings (SSSR count). The van der Waals surface area contributed by atoms with Crippen LogP contribution in [0.1, 0.15) is 157 Å². The van der Waals surface area contributed by atoms with Crippen molar-refractivity contribution in [2.45, 2.75) is 196 Å². The number of nitrogens with two attached hydrogens (primary N) is 6. The van der Waals surface area contributed by atoms with E-state index in [2.05, 4.69) is 10.3 Å². The van der Waals surface area contributed by atoms with Crippen molar-refractivity contribution in [1.29, 1.82) is 0 Å². The van der Waals surface area contributed by atoms with Gasteiger partial charge in [-0.2, -0.15) is 5.70 Å². The molecule has 15 unspecified atom stereocenters. The normalized spacial score (nSPS) is 30.6. The molecule has 31 heteroatoms. The number of imidazole rings is 1. The van der Waals surface area contributed by atoms with Crippen LogP contribution in [-0.2, 0) is 73.5 Å². The molecule has 15 atom stereocenters. The van der Waals surface area contributed by atoms with Crippen LogP contribution >= 0.6 is 7.82 Å². The molecule has 6 aliphatic heterocycles. The molecule has 1 aromatic carbocycles. The molecule has 523 valence electrons. The first-order valence-electron chi connectivity index (χ1n) is 31.4. The standard InChI is InChI=1S/C62H90N13O14P.C2H4O2.Co/c1-29-20-39-40(21-30(29)2)75(28-70-39)57-52(84)53(41(27-76)87-57)89-90(85,86)88-31(3)26-69-49(83)18-19-59(8)37(22-46(66)80)56-62(11)61(10,25-48(68)82)36(14-17-45(65)79)51(74-62)33(5)55-60(9,24-47(67)81)34(12-15-43(63)77)38(71-55)23-42-58(6,7)35(13-16-44(64)78)50(72-42)32(4)54(59)73-56;1-2(3)4;/h20-21,23,28,31,34-37,41,52-53,56-57,76,84H,12-19,22,24-27H2,1-11H3,(H15,63,64,65,66,67,68,69,71,72,73,74,77,78,79,80,81,82,83,85,86);1H3,(H,3,4);/q;;+2/p-2. The number of carboxylic acid groups (broad SMARTS) is 1. The number of primary amides is 6. The molecule has 1 radical (unpaired) electrons. The van der Waals surface area contributed by atoms with Gasteiger partial charge in [0.1, 0.15) is 18.3 Å². The maximum absolute atomic E-state index is 14.4. The van der Waals surface area contributed by atoms with Crippen LogP contribution < -0.4 is 44.6 Å². The van der Waals surface area contributed by atoms with Gasteiger partial charge in [0.05, 0.1) is 41.3 Å². The number of rotatable bonds is 26. The zero-order valence-electron chi connectivity index (χ0n) is 55.9. The van der Waals surface area contributed by atoms with Gasteiger partial charge in [0.25, 0.3) is 13.8 Å². The van der Waals surface area contributed by atoms with Crippen LogP contribution in [0.5, 0.6) is 0 Å². The van der Waals surface area contributed by atoms with Crippen LogP contribution in [0.2, 0.25) is 0 Å². The second kappa shape index (κ2) is 29.4. The van der Waals surface area contributed by atoms with Crippen molar-refractivity contribution >= 4 is 83.3 Å². The van der Waals surface area contributed by atoms with E-state index in [0.29, 0.717) is 56.4 Å². The molecule has 7 heterocycles. The van der Waals surface area contributed by atoms with E-state index in [-0.39, 0.29) is 94.0 Å². The second-order valence-electron chi connectivity index (χ2n) is 27.5. The number of nitrogens with zero attached hydrogens (tertiary/aromatic N) is 6. The minimum atomic E-state index is -5.32. The number of aryl methyl sites for hydroxylation is 2. The van der Waals surface area contributed by atoms with Crippen LogP contribution in [0.15, 0.2) is 67.8 Å². The summed E-state index contributed by atoms with van der Waals surface area (Å²) in [6.45, 7) is 20.0. The summed E-state index contributed by atoms with van der Waals surface area (Å²) in [5.74, 6) is -8.24. The largest absolute Gasteiger partial charge is 2.00 e. The topological polar surface area (TPSA) is 502 Å².